The fourth-order valence-electron chi connectivity index (χ4n) is 6.20. The zero-order valence-corrected chi connectivity index (χ0v) is 24.6. The first-order chi connectivity index (χ1) is 19.7. The first-order valence-electron chi connectivity index (χ1n) is 14.0. The van der Waals surface area contributed by atoms with E-state index in [1.165, 1.54) is 19.1 Å². The van der Waals surface area contributed by atoms with Crippen LogP contribution in [0, 0.1) is 11.2 Å². The molecule has 4 atom stereocenters. The van der Waals surface area contributed by atoms with Crippen molar-refractivity contribution in [2.24, 2.45) is 4.99 Å². The highest BCUT2D eigenvalue weighted by molar-refractivity contribution is 8.04. The Kier molecular flexibility index (Phi) is 7.78. The summed E-state index contributed by atoms with van der Waals surface area (Å²) in [5, 5.41) is 21.2. The SMILES string of the molecule is C=CN(CCN1CC(O)C1)[C@H]1CC2=C(C(=N)/C=C\CC(C)F)[C@H](c3ccc(F)cc3Cl)N=C(C34CN3C=CS4)N2C1. The molecule has 3 saturated heterocycles. The van der Waals surface area contributed by atoms with Crippen LogP contribution in [0.25, 0.3) is 0 Å². The largest absolute Gasteiger partial charge is 0.390 e. The minimum atomic E-state index is -1.01. The van der Waals surface area contributed by atoms with Crippen LogP contribution in [0.3, 0.4) is 0 Å². The molecule has 2 N–H and O–H groups in total. The third-order valence-electron chi connectivity index (χ3n) is 8.45. The fraction of sp³-hybridized carbons (Fsp3) is 0.467. The van der Waals surface area contributed by atoms with Crippen LogP contribution in [-0.2, 0) is 0 Å². The first-order valence-corrected chi connectivity index (χ1v) is 15.3. The average Bonchev–Trinajstić information content (AvgIpc) is 3.23. The number of alkyl halides is 1. The smallest absolute Gasteiger partial charge is 0.166 e. The zero-order valence-electron chi connectivity index (χ0n) is 23.0. The lowest BCUT2D eigenvalue weighted by Gasteiger charge is -2.38. The van der Waals surface area contributed by atoms with E-state index in [2.05, 4.69) is 37.8 Å². The monoisotopic (exact) mass is 600 g/mol. The lowest BCUT2D eigenvalue weighted by Crippen LogP contribution is -2.53. The van der Waals surface area contributed by atoms with Gasteiger partial charge < -0.3 is 25.2 Å². The molecule has 0 spiro atoms. The number of aliphatic hydroxyl groups is 1. The molecule has 3 fully saturated rings. The van der Waals surface area contributed by atoms with Gasteiger partial charge in [-0.3, -0.25) is 9.89 Å². The summed E-state index contributed by atoms with van der Waals surface area (Å²) in [6.45, 7) is 10.1. The number of β-amino-alcohol motifs (C(OH)–C–C–N with tert-alkyl or cyclic N) is 1. The summed E-state index contributed by atoms with van der Waals surface area (Å²) in [5.74, 6) is 0.490. The number of rotatable bonds is 11. The molecule has 0 aromatic heterocycles. The summed E-state index contributed by atoms with van der Waals surface area (Å²) in [4.78, 5) is 14.0. The van der Waals surface area contributed by atoms with Crippen molar-refractivity contribution in [1.29, 1.82) is 5.41 Å². The van der Waals surface area contributed by atoms with E-state index >= 15 is 0 Å². The van der Waals surface area contributed by atoms with Crippen LogP contribution in [0.4, 0.5) is 8.78 Å². The predicted molar refractivity (Wildman–Crippen MR) is 161 cm³/mol. The zero-order chi connectivity index (χ0) is 28.9. The molecule has 6 rings (SSSR count). The van der Waals surface area contributed by atoms with Crippen molar-refractivity contribution in [3.05, 3.63) is 82.4 Å². The maximum absolute atomic E-state index is 14.1. The van der Waals surface area contributed by atoms with Gasteiger partial charge in [-0.15, -0.1) is 0 Å². The second kappa shape index (κ2) is 11.2. The molecule has 0 bridgehead atoms. The number of aliphatic imine (C=N–C) groups is 1. The predicted octanol–water partition coefficient (Wildman–Crippen LogP) is 4.94. The Morgan fingerprint density at radius 1 is 1.39 bits per heavy atom. The summed E-state index contributed by atoms with van der Waals surface area (Å²) in [7, 11) is 0. The number of hydrogen-bond acceptors (Lipinski definition) is 8. The van der Waals surface area contributed by atoms with Crippen molar-refractivity contribution in [3.63, 3.8) is 0 Å². The molecule has 0 aliphatic carbocycles. The number of amidine groups is 1. The molecule has 7 nitrogen and oxygen atoms in total. The summed E-state index contributed by atoms with van der Waals surface area (Å²) >= 11 is 8.35. The van der Waals surface area contributed by atoms with E-state index in [1.807, 2.05) is 6.20 Å². The minimum absolute atomic E-state index is 0.0990. The molecule has 1 aromatic carbocycles. The van der Waals surface area contributed by atoms with Gasteiger partial charge in [-0.1, -0.05) is 42.1 Å². The van der Waals surface area contributed by atoms with Gasteiger partial charge in [-0.25, -0.2) is 8.78 Å². The molecule has 0 amide bonds. The molecule has 2 unspecified atom stereocenters. The highest BCUT2D eigenvalue weighted by atomic mass is 35.5. The summed E-state index contributed by atoms with van der Waals surface area (Å²) < 4.78 is 27.7. The van der Waals surface area contributed by atoms with Gasteiger partial charge in [0.15, 0.2) is 4.87 Å². The Labute approximate surface area is 249 Å². The Morgan fingerprint density at radius 3 is 2.83 bits per heavy atom. The van der Waals surface area contributed by atoms with E-state index in [4.69, 9.17) is 22.0 Å². The lowest BCUT2D eigenvalue weighted by atomic mass is 9.90. The van der Waals surface area contributed by atoms with Crippen molar-refractivity contribution in [3.8, 4) is 0 Å². The van der Waals surface area contributed by atoms with E-state index in [-0.39, 0.29) is 34.2 Å². The molecule has 5 heterocycles. The molecule has 0 saturated carbocycles. The number of likely N-dealkylation sites (tertiary alicyclic amines) is 1. The molecule has 5 aliphatic heterocycles. The number of nitrogens with zero attached hydrogens (tertiary/aromatic N) is 5. The number of thioether (sulfide) groups is 1. The number of fused-ring (bicyclic) bond motifs is 2. The van der Waals surface area contributed by atoms with Crippen LogP contribution in [-0.4, -0.2) is 98.7 Å². The molecule has 1 aromatic rings. The maximum atomic E-state index is 14.1. The van der Waals surface area contributed by atoms with Gasteiger partial charge in [0.1, 0.15) is 23.9 Å². The Bertz CT molecular complexity index is 1360. The number of nitrogens with one attached hydrogen (secondary N) is 1. The van der Waals surface area contributed by atoms with Gasteiger partial charge >= 0.3 is 0 Å². The van der Waals surface area contributed by atoms with Crippen molar-refractivity contribution >= 4 is 34.9 Å². The standard InChI is InChI=1S/C30H35ClF2N6OS/c1-3-37(10-9-36-16-22(40)17-36)21-14-26-27(25(34)6-4-5-19(2)32)28(23-8-7-20(33)13-24(23)31)35-29(39(26)15-21)30-18-38(30)11-12-41-30/h3-4,6-8,11-13,19,21-22,28,34,40H,1,5,9-10,14-18H2,2H3/b6-4-,34-25?/t19?,21-,28-,30?,38?/m0/s1. The number of aliphatic hydroxyl groups excluding tert-OH is 1. The fourth-order valence-corrected chi connectivity index (χ4v) is 7.58. The Hall–Kier alpha value is -2.66. The topological polar surface area (TPSA) is 69.2 Å². The molecular formula is C30H35ClF2N6OS. The second-order valence-electron chi connectivity index (χ2n) is 11.3. The van der Waals surface area contributed by atoms with E-state index in [1.54, 1.807) is 30.0 Å². The normalized spacial score (nSPS) is 28.1. The minimum Gasteiger partial charge on any atom is -0.390 e. The van der Waals surface area contributed by atoms with Crippen LogP contribution in [0.15, 0.2) is 71.0 Å². The van der Waals surface area contributed by atoms with Crippen LogP contribution < -0.4 is 0 Å². The van der Waals surface area contributed by atoms with Gasteiger partial charge in [-0.2, -0.15) is 0 Å². The van der Waals surface area contributed by atoms with Crippen LogP contribution >= 0.6 is 23.4 Å². The van der Waals surface area contributed by atoms with Crippen molar-refractivity contribution in [1.82, 2.24) is 19.6 Å². The number of allylic oxidation sites excluding steroid dienone is 2. The third kappa shape index (κ3) is 5.35. The van der Waals surface area contributed by atoms with Crippen LogP contribution in [0.5, 0.6) is 0 Å². The third-order valence-corrected chi connectivity index (χ3v) is 9.97. The molecule has 5 aliphatic rings. The second-order valence-corrected chi connectivity index (χ2v) is 12.9. The van der Waals surface area contributed by atoms with Crippen molar-refractivity contribution < 1.29 is 13.9 Å². The maximum Gasteiger partial charge on any atom is 0.166 e. The Morgan fingerprint density at radius 2 is 2.20 bits per heavy atom. The summed E-state index contributed by atoms with van der Waals surface area (Å²) in [6.07, 6.45) is 6.94. The number of benzene rings is 1. The number of hydrogen-bond donors (Lipinski definition) is 2. The van der Waals surface area contributed by atoms with Gasteiger partial charge in [-0.05, 0) is 43.2 Å². The van der Waals surface area contributed by atoms with Gasteiger partial charge in [0.2, 0.25) is 0 Å². The molecule has 0 radical (unpaired) electrons. The first kappa shape index (κ1) is 28.5. The average molecular weight is 601 g/mol. The molecule has 41 heavy (non-hydrogen) atoms. The van der Waals surface area contributed by atoms with E-state index in [0.717, 1.165) is 31.2 Å². The number of halogens is 3. The molecule has 218 valence electrons. The molecular weight excluding hydrogens is 566 g/mol. The van der Waals surface area contributed by atoms with Crippen LogP contribution in [0.1, 0.15) is 31.4 Å². The highest BCUT2D eigenvalue weighted by Crippen LogP contribution is 2.55. The van der Waals surface area contributed by atoms with Crippen molar-refractivity contribution in [2.45, 2.75) is 49.0 Å². The van der Waals surface area contributed by atoms with E-state index < -0.39 is 18.0 Å². The quantitative estimate of drug-likeness (QED) is 0.277. The van der Waals surface area contributed by atoms with Gasteiger partial charge in [0, 0.05) is 67.2 Å². The highest BCUT2D eigenvalue weighted by Gasteiger charge is 2.61. The lowest BCUT2D eigenvalue weighted by molar-refractivity contribution is -0.00175. The molecule has 11 heteroatoms. The van der Waals surface area contributed by atoms with E-state index in [9.17, 15) is 13.9 Å². The van der Waals surface area contributed by atoms with Gasteiger partial charge in [0.05, 0.1) is 24.4 Å². The summed E-state index contributed by atoms with van der Waals surface area (Å²) in [6, 6.07) is 3.84. The summed E-state index contributed by atoms with van der Waals surface area (Å²) in [5.41, 5.74) is 2.60. The van der Waals surface area contributed by atoms with E-state index in [0.29, 0.717) is 37.2 Å². The Balaban J connectivity index is 1.39. The van der Waals surface area contributed by atoms with Crippen molar-refractivity contribution in [2.75, 3.05) is 39.3 Å². The van der Waals surface area contributed by atoms with Crippen LogP contribution in [0.2, 0.25) is 5.02 Å². The van der Waals surface area contributed by atoms with Gasteiger partial charge in [0.25, 0.3) is 0 Å².